The number of para-hydroxylation sites is 1. The van der Waals surface area contributed by atoms with E-state index in [2.05, 4.69) is 29.3 Å². The molecule has 0 spiro atoms. The van der Waals surface area contributed by atoms with Crippen molar-refractivity contribution in [3.63, 3.8) is 0 Å². The van der Waals surface area contributed by atoms with E-state index in [4.69, 9.17) is 9.47 Å². The van der Waals surface area contributed by atoms with Crippen LogP contribution in [0.15, 0.2) is 24.3 Å². The molecule has 4 heteroatoms. The van der Waals surface area contributed by atoms with Crippen molar-refractivity contribution in [3.05, 3.63) is 29.8 Å². The Morgan fingerprint density at radius 1 is 1.24 bits per heavy atom. The van der Waals surface area contributed by atoms with Crippen LogP contribution in [0.3, 0.4) is 0 Å². The topological polar surface area (TPSA) is 33.7 Å². The Balaban J connectivity index is 2.02. The highest BCUT2D eigenvalue weighted by atomic mass is 16.5. The van der Waals surface area contributed by atoms with Crippen molar-refractivity contribution in [2.75, 3.05) is 40.4 Å². The number of rotatable bonds is 7. The zero-order chi connectivity index (χ0) is 15.1. The Morgan fingerprint density at radius 3 is 2.57 bits per heavy atom. The first-order valence-corrected chi connectivity index (χ1v) is 7.90. The van der Waals surface area contributed by atoms with Crippen LogP contribution in [0.4, 0.5) is 0 Å². The molecule has 1 heterocycles. The highest BCUT2D eigenvalue weighted by Crippen LogP contribution is 2.26. The van der Waals surface area contributed by atoms with E-state index in [-0.39, 0.29) is 0 Å². The molecule has 1 saturated heterocycles. The average Bonchev–Trinajstić information content (AvgIpc) is 2.55. The number of piperidine rings is 1. The van der Waals surface area contributed by atoms with Crippen LogP contribution in [0, 0.1) is 0 Å². The van der Waals surface area contributed by atoms with Crippen LogP contribution in [0.2, 0.25) is 0 Å². The Bertz CT molecular complexity index is 417. The van der Waals surface area contributed by atoms with Crippen molar-refractivity contribution >= 4 is 0 Å². The molecule has 1 N–H and O–H groups in total. The van der Waals surface area contributed by atoms with E-state index in [0.717, 1.165) is 44.8 Å². The third-order valence-corrected chi connectivity index (χ3v) is 4.27. The molecule has 0 aromatic heterocycles. The maximum atomic E-state index is 5.52. The van der Waals surface area contributed by atoms with Gasteiger partial charge in [0.05, 0.1) is 13.2 Å². The molecule has 4 nitrogen and oxygen atoms in total. The van der Waals surface area contributed by atoms with E-state index >= 15 is 0 Å². The molecule has 0 bridgehead atoms. The summed E-state index contributed by atoms with van der Waals surface area (Å²) in [6.45, 7) is 6.34. The van der Waals surface area contributed by atoms with Crippen LogP contribution in [-0.2, 0) is 4.74 Å². The maximum absolute atomic E-state index is 5.52. The van der Waals surface area contributed by atoms with Crippen LogP contribution in [-0.4, -0.2) is 51.4 Å². The number of nitrogens with zero attached hydrogens (tertiary/aromatic N) is 1. The molecule has 0 saturated carbocycles. The number of hydrogen-bond donors (Lipinski definition) is 1. The first-order valence-electron chi connectivity index (χ1n) is 7.90. The summed E-state index contributed by atoms with van der Waals surface area (Å²) in [6, 6.07) is 8.62. The summed E-state index contributed by atoms with van der Waals surface area (Å²) < 4.78 is 11.0. The number of benzene rings is 1. The van der Waals surface area contributed by atoms with E-state index in [0.29, 0.717) is 12.1 Å². The van der Waals surface area contributed by atoms with Gasteiger partial charge in [-0.3, -0.25) is 0 Å². The van der Waals surface area contributed by atoms with Crippen molar-refractivity contribution < 1.29 is 9.47 Å². The minimum atomic E-state index is 0.310. The molecule has 0 radical (unpaired) electrons. The van der Waals surface area contributed by atoms with Gasteiger partial charge in [0.25, 0.3) is 0 Å². The van der Waals surface area contributed by atoms with Gasteiger partial charge in [-0.25, -0.2) is 0 Å². The van der Waals surface area contributed by atoms with Gasteiger partial charge in [-0.1, -0.05) is 25.1 Å². The van der Waals surface area contributed by atoms with Crippen LogP contribution < -0.4 is 10.1 Å². The predicted octanol–water partition coefficient (Wildman–Crippen LogP) is 2.46. The summed E-state index contributed by atoms with van der Waals surface area (Å²) in [6.07, 6.45) is 2.69. The van der Waals surface area contributed by atoms with Crippen LogP contribution in [0.5, 0.6) is 5.75 Å². The monoisotopic (exact) mass is 292 g/mol. The zero-order valence-corrected chi connectivity index (χ0v) is 13.5. The predicted molar refractivity (Wildman–Crippen MR) is 85.9 cm³/mol. The number of methoxy groups -OCH3 is 2. The Hall–Kier alpha value is -1.10. The fraction of sp³-hybridized carbons (Fsp3) is 0.647. The Labute approximate surface area is 128 Å². The van der Waals surface area contributed by atoms with Gasteiger partial charge in [0.15, 0.2) is 0 Å². The van der Waals surface area contributed by atoms with E-state index in [1.54, 1.807) is 7.11 Å². The zero-order valence-electron chi connectivity index (χ0n) is 13.5. The lowest BCUT2D eigenvalue weighted by Crippen LogP contribution is -2.41. The second-order valence-corrected chi connectivity index (χ2v) is 5.59. The molecule has 1 aliphatic rings. The number of likely N-dealkylation sites (tertiary alicyclic amines) is 1. The fourth-order valence-corrected chi connectivity index (χ4v) is 3.06. The van der Waals surface area contributed by atoms with Gasteiger partial charge in [-0.15, -0.1) is 0 Å². The SMILES string of the molecule is CCNC(CN1CCC(OC)CC1)c1ccccc1OC. The summed E-state index contributed by atoms with van der Waals surface area (Å²) in [4.78, 5) is 2.52. The first-order chi connectivity index (χ1) is 10.3. The molecule has 1 aromatic rings. The average molecular weight is 292 g/mol. The van der Waals surface area contributed by atoms with Gasteiger partial charge >= 0.3 is 0 Å². The second-order valence-electron chi connectivity index (χ2n) is 5.59. The molecule has 1 unspecified atom stereocenters. The quantitative estimate of drug-likeness (QED) is 0.837. The lowest BCUT2D eigenvalue weighted by Gasteiger charge is -2.34. The first kappa shape index (κ1) is 16.3. The van der Waals surface area contributed by atoms with Gasteiger partial charge in [0, 0.05) is 38.3 Å². The van der Waals surface area contributed by atoms with Crippen molar-refractivity contribution in [1.29, 1.82) is 0 Å². The summed E-state index contributed by atoms with van der Waals surface area (Å²) >= 11 is 0. The molecule has 1 atom stereocenters. The summed E-state index contributed by atoms with van der Waals surface area (Å²) in [7, 11) is 3.56. The van der Waals surface area contributed by atoms with Crippen LogP contribution in [0.25, 0.3) is 0 Å². The van der Waals surface area contributed by atoms with Gasteiger partial charge in [0.1, 0.15) is 5.75 Å². The van der Waals surface area contributed by atoms with E-state index in [1.165, 1.54) is 5.56 Å². The van der Waals surface area contributed by atoms with Gasteiger partial charge < -0.3 is 19.7 Å². The molecule has 0 aliphatic carbocycles. The second kappa shape index (κ2) is 8.37. The van der Waals surface area contributed by atoms with E-state index in [1.807, 2.05) is 19.2 Å². The summed E-state index contributed by atoms with van der Waals surface area (Å²) in [5.74, 6) is 0.968. The normalized spacial score (nSPS) is 18.6. The van der Waals surface area contributed by atoms with Crippen molar-refractivity contribution in [1.82, 2.24) is 10.2 Å². The molecule has 1 aliphatic heterocycles. The Kier molecular flexibility index (Phi) is 6.49. The number of hydrogen-bond acceptors (Lipinski definition) is 4. The molecular formula is C17H28N2O2. The van der Waals surface area contributed by atoms with Gasteiger partial charge in [-0.2, -0.15) is 0 Å². The third kappa shape index (κ3) is 4.43. The third-order valence-electron chi connectivity index (χ3n) is 4.27. The molecular weight excluding hydrogens is 264 g/mol. The maximum Gasteiger partial charge on any atom is 0.123 e. The molecule has 0 amide bonds. The largest absolute Gasteiger partial charge is 0.496 e. The van der Waals surface area contributed by atoms with Crippen molar-refractivity contribution in [3.8, 4) is 5.75 Å². The molecule has 2 rings (SSSR count). The number of likely N-dealkylation sites (N-methyl/N-ethyl adjacent to an activating group) is 1. The van der Waals surface area contributed by atoms with Crippen molar-refractivity contribution in [2.45, 2.75) is 31.9 Å². The minimum Gasteiger partial charge on any atom is -0.496 e. The highest BCUT2D eigenvalue weighted by Gasteiger charge is 2.23. The Morgan fingerprint density at radius 2 is 1.95 bits per heavy atom. The number of nitrogens with one attached hydrogen (secondary N) is 1. The van der Waals surface area contributed by atoms with Gasteiger partial charge in [0.2, 0.25) is 0 Å². The number of ether oxygens (including phenoxy) is 2. The molecule has 1 fully saturated rings. The lowest BCUT2D eigenvalue weighted by molar-refractivity contribution is 0.0383. The standard InChI is InChI=1S/C17H28N2O2/c1-4-18-16(15-7-5-6-8-17(15)21-3)13-19-11-9-14(20-2)10-12-19/h5-8,14,16,18H,4,9-13H2,1-3H3. The molecule has 1 aromatic carbocycles. The highest BCUT2D eigenvalue weighted by molar-refractivity contribution is 5.36. The summed E-state index contributed by atoms with van der Waals surface area (Å²) in [5.41, 5.74) is 1.25. The van der Waals surface area contributed by atoms with E-state index in [9.17, 15) is 0 Å². The van der Waals surface area contributed by atoms with Crippen molar-refractivity contribution in [2.24, 2.45) is 0 Å². The smallest absolute Gasteiger partial charge is 0.123 e. The lowest BCUT2D eigenvalue weighted by atomic mass is 10.0. The van der Waals surface area contributed by atoms with Crippen LogP contribution >= 0.6 is 0 Å². The van der Waals surface area contributed by atoms with Gasteiger partial charge in [-0.05, 0) is 25.5 Å². The van der Waals surface area contributed by atoms with Crippen LogP contribution in [0.1, 0.15) is 31.4 Å². The molecule has 118 valence electrons. The molecule has 21 heavy (non-hydrogen) atoms. The summed E-state index contributed by atoms with van der Waals surface area (Å²) in [5, 5.41) is 3.59. The van der Waals surface area contributed by atoms with E-state index < -0.39 is 0 Å². The minimum absolute atomic E-state index is 0.310. The fourth-order valence-electron chi connectivity index (χ4n) is 3.06.